The van der Waals surface area contributed by atoms with Crippen molar-refractivity contribution >= 4 is 11.7 Å². The van der Waals surface area contributed by atoms with Gasteiger partial charge >= 0.3 is 5.97 Å². The van der Waals surface area contributed by atoms with Crippen LogP contribution < -0.4 is 5.32 Å². The highest BCUT2D eigenvalue weighted by atomic mass is 16.4. The lowest BCUT2D eigenvalue weighted by molar-refractivity contribution is 0.0696. The Labute approximate surface area is 125 Å². The van der Waals surface area contributed by atoms with Crippen LogP contribution in [0.1, 0.15) is 34.3 Å². The average molecular weight is 283 g/mol. The molecule has 0 aromatic heterocycles. The smallest absolute Gasteiger partial charge is 0.336 e. The van der Waals surface area contributed by atoms with Gasteiger partial charge < -0.3 is 10.4 Å². The molecule has 0 atom stereocenters. The number of carboxylic acids is 1. The second-order valence-corrected chi connectivity index (χ2v) is 5.15. The lowest BCUT2D eigenvalue weighted by Gasteiger charge is -2.11. The molecular weight excluding hydrogens is 262 g/mol. The van der Waals surface area contributed by atoms with Crippen molar-refractivity contribution in [1.82, 2.24) is 0 Å². The van der Waals surface area contributed by atoms with Crippen LogP contribution in [-0.2, 0) is 6.42 Å². The van der Waals surface area contributed by atoms with Crippen molar-refractivity contribution in [2.24, 2.45) is 0 Å². The molecule has 0 radical (unpaired) electrons. The van der Waals surface area contributed by atoms with E-state index in [0.29, 0.717) is 5.56 Å². The first-order valence-electron chi connectivity index (χ1n) is 7.29. The summed E-state index contributed by atoms with van der Waals surface area (Å²) in [5.41, 5.74) is 3.44. The van der Waals surface area contributed by atoms with E-state index in [1.165, 1.54) is 5.56 Å². The number of benzene rings is 2. The van der Waals surface area contributed by atoms with Gasteiger partial charge in [0.1, 0.15) is 0 Å². The molecule has 0 fully saturated rings. The Hall–Kier alpha value is -2.29. The lowest BCUT2D eigenvalue weighted by atomic mass is 10.1. The zero-order chi connectivity index (χ0) is 15.1. The zero-order valence-corrected chi connectivity index (χ0v) is 12.3. The molecular formula is C18H21NO2. The van der Waals surface area contributed by atoms with Crippen molar-refractivity contribution in [1.29, 1.82) is 0 Å². The molecule has 0 bridgehead atoms. The number of carbonyl (C=O) groups is 1. The standard InChI is InChI=1S/C18H21NO2/c1-14-16(18(20)21)11-7-12-17(14)19-13-6-5-10-15-8-3-2-4-9-15/h2-4,7-9,11-12,19H,5-6,10,13H2,1H3,(H,20,21). The quantitative estimate of drug-likeness (QED) is 0.751. The highest BCUT2D eigenvalue weighted by Crippen LogP contribution is 2.19. The number of hydrogen-bond acceptors (Lipinski definition) is 2. The van der Waals surface area contributed by atoms with E-state index in [9.17, 15) is 4.79 Å². The van der Waals surface area contributed by atoms with Crippen LogP contribution in [0.4, 0.5) is 5.69 Å². The summed E-state index contributed by atoms with van der Waals surface area (Å²) in [6.07, 6.45) is 3.26. The third-order valence-electron chi connectivity index (χ3n) is 3.61. The normalized spacial score (nSPS) is 10.3. The van der Waals surface area contributed by atoms with E-state index < -0.39 is 5.97 Å². The number of unbranched alkanes of at least 4 members (excludes halogenated alkanes) is 1. The van der Waals surface area contributed by atoms with E-state index in [4.69, 9.17) is 5.11 Å². The van der Waals surface area contributed by atoms with Gasteiger partial charge in [-0.25, -0.2) is 4.79 Å². The molecule has 2 rings (SSSR count). The van der Waals surface area contributed by atoms with Crippen molar-refractivity contribution in [3.8, 4) is 0 Å². The third kappa shape index (κ3) is 4.35. The summed E-state index contributed by atoms with van der Waals surface area (Å²) in [6.45, 7) is 2.70. The predicted molar refractivity (Wildman–Crippen MR) is 86.0 cm³/mol. The molecule has 0 spiro atoms. The van der Waals surface area contributed by atoms with Crippen LogP contribution in [-0.4, -0.2) is 17.6 Å². The van der Waals surface area contributed by atoms with Crippen LogP contribution in [0.25, 0.3) is 0 Å². The predicted octanol–water partition coefficient (Wildman–Crippen LogP) is 4.13. The van der Waals surface area contributed by atoms with Gasteiger partial charge in [-0.15, -0.1) is 0 Å². The Morgan fingerprint density at radius 1 is 1.05 bits per heavy atom. The molecule has 0 aliphatic heterocycles. The van der Waals surface area contributed by atoms with Crippen LogP contribution in [0.2, 0.25) is 0 Å². The fourth-order valence-corrected chi connectivity index (χ4v) is 2.38. The molecule has 0 heterocycles. The van der Waals surface area contributed by atoms with Crippen LogP contribution in [0.3, 0.4) is 0 Å². The number of aromatic carboxylic acids is 1. The SMILES string of the molecule is Cc1c(NCCCCc2ccccc2)cccc1C(=O)O. The van der Waals surface area contributed by atoms with Crippen LogP contribution in [0.15, 0.2) is 48.5 Å². The fourth-order valence-electron chi connectivity index (χ4n) is 2.38. The molecule has 110 valence electrons. The number of hydrogen-bond donors (Lipinski definition) is 2. The minimum absolute atomic E-state index is 0.365. The van der Waals surface area contributed by atoms with Gasteiger partial charge in [0.2, 0.25) is 0 Å². The maximum atomic E-state index is 11.1. The van der Waals surface area contributed by atoms with Gasteiger partial charge in [-0.2, -0.15) is 0 Å². The van der Waals surface area contributed by atoms with Gasteiger partial charge in [0.25, 0.3) is 0 Å². The number of anilines is 1. The first-order chi connectivity index (χ1) is 10.2. The number of carboxylic acid groups (broad SMARTS) is 1. The molecule has 0 aliphatic rings. The largest absolute Gasteiger partial charge is 0.478 e. The Balaban J connectivity index is 1.79. The zero-order valence-electron chi connectivity index (χ0n) is 12.3. The molecule has 21 heavy (non-hydrogen) atoms. The van der Waals surface area contributed by atoms with Crippen molar-refractivity contribution in [2.75, 3.05) is 11.9 Å². The summed E-state index contributed by atoms with van der Waals surface area (Å²) in [5.74, 6) is -0.875. The van der Waals surface area contributed by atoms with Crippen LogP contribution in [0.5, 0.6) is 0 Å². The summed E-state index contributed by atoms with van der Waals surface area (Å²) in [5, 5.41) is 12.4. The molecule has 2 aromatic rings. The topological polar surface area (TPSA) is 49.3 Å². The van der Waals surface area contributed by atoms with Gasteiger partial charge in [0.15, 0.2) is 0 Å². The van der Waals surface area contributed by atoms with Crippen molar-refractivity contribution in [3.05, 3.63) is 65.2 Å². The van der Waals surface area contributed by atoms with Gasteiger partial charge in [-0.3, -0.25) is 0 Å². The second-order valence-electron chi connectivity index (χ2n) is 5.15. The Bertz CT molecular complexity index is 593. The van der Waals surface area contributed by atoms with Gasteiger partial charge in [0, 0.05) is 12.2 Å². The van der Waals surface area contributed by atoms with Gasteiger partial charge in [-0.1, -0.05) is 36.4 Å². The molecule has 0 aliphatic carbocycles. The molecule has 0 saturated heterocycles. The highest BCUT2D eigenvalue weighted by Gasteiger charge is 2.09. The fraction of sp³-hybridized carbons (Fsp3) is 0.278. The summed E-state index contributed by atoms with van der Waals surface area (Å²) in [6, 6.07) is 15.8. The monoisotopic (exact) mass is 283 g/mol. The number of rotatable bonds is 7. The Morgan fingerprint density at radius 3 is 2.52 bits per heavy atom. The Morgan fingerprint density at radius 2 is 1.81 bits per heavy atom. The van der Waals surface area contributed by atoms with E-state index in [1.807, 2.05) is 19.1 Å². The Kier molecular flexibility index (Phi) is 5.38. The second kappa shape index (κ2) is 7.48. The van der Waals surface area contributed by atoms with E-state index in [-0.39, 0.29) is 0 Å². The minimum atomic E-state index is -0.875. The number of nitrogens with one attached hydrogen (secondary N) is 1. The number of aryl methyl sites for hydroxylation is 1. The molecule has 2 aromatic carbocycles. The summed E-state index contributed by atoms with van der Waals surface area (Å²) >= 11 is 0. The summed E-state index contributed by atoms with van der Waals surface area (Å²) in [4.78, 5) is 11.1. The molecule has 0 amide bonds. The van der Waals surface area contributed by atoms with Crippen molar-refractivity contribution < 1.29 is 9.90 Å². The first-order valence-corrected chi connectivity index (χ1v) is 7.29. The highest BCUT2D eigenvalue weighted by molar-refractivity contribution is 5.91. The molecule has 3 nitrogen and oxygen atoms in total. The van der Waals surface area contributed by atoms with Crippen LogP contribution in [0, 0.1) is 6.92 Å². The van der Waals surface area contributed by atoms with E-state index in [1.54, 1.807) is 12.1 Å². The van der Waals surface area contributed by atoms with E-state index in [0.717, 1.165) is 37.1 Å². The maximum Gasteiger partial charge on any atom is 0.336 e. The molecule has 0 unspecified atom stereocenters. The van der Waals surface area contributed by atoms with Crippen LogP contribution >= 0.6 is 0 Å². The third-order valence-corrected chi connectivity index (χ3v) is 3.61. The molecule has 3 heteroatoms. The average Bonchev–Trinajstić information content (AvgIpc) is 2.49. The minimum Gasteiger partial charge on any atom is -0.478 e. The first kappa shape index (κ1) is 15.1. The van der Waals surface area contributed by atoms with Gasteiger partial charge in [-0.05, 0) is 49.4 Å². The van der Waals surface area contributed by atoms with Gasteiger partial charge in [0.05, 0.1) is 5.56 Å². The van der Waals surface area contributed by atoms with Crippen molar-refractivity contribution in [2.45, 2.75) is 26.2 Å². The van der Waals surface area contributed by atoms with E-state index in [2.05, 4.69) is 29.6 Å². The molecule has 0 saturated carbocycles. The summed E-state index contributed by atoms with van der Waals surface area (Å²) in [7, 11) is 0. The van der Waals surface area contributed by atoms with E-state index >= 15 is 0 Å². The summed E-state index contributed by atoms with van der Waals surface area (Å²) < 4.78 is 0. The molecule has 2 N–H and O–H groups in total. The maximum absolute atomic E-state index is 11.1. The lowest BCUT2D eigenvalue weighted by Crippen LogP contribution is -2.07. The van der Waals surface area contributed by atoms with Crippen molar-refractivity contribution in [3.63, 3.8) is 0 Å².